The zero-order valence-corrected chi connectivity index (χ0v) is 16.6. The third-order valence-corrected chi connectivity index (χ3v) is 5.29. The molecule has 0 saturated carbocycles. The van der Waals surface area contributed by atoms with Gasteiger partial charge in [-0.3, -0.25) is 9.59 Å². The number of hydrogen-bond acceptors (Lipinski definition) is 2. The molecule has 2 rings (SSSR count). The molecule has 0 spiro atoms. The average Bonchev–Trinajstić information content (AvgIpc) is 2.55. The fourth-order valence-electron chi connectivity index (χ4n) is 3.08. The van der Waals surface area contributed by atoms with Crippen molar-refractivity contribution in [1.82, 2.24) is 9.80 Å². The van der Waals surface area contributed by atoms with Crippen LogP contribution in [0.1, 0.15) is 39.2 Å². The Kier molecular flexibility index (Phi) is 6.07. The second-order valence-electron chi connectivity index (χ2n) is 7.60. The molecule has 1 heterocycles. The van der Waals surface area contributed by atoms with Crippen LogP contribution in [0.25, 0.3) is 0 Å². The van der Waals surface area contributed by atoms with Crippen molar-refractivity contribution in [2.24, 2.45) is 11.3 Å². The molecule has 1 aromatic rings. The molecule has 4 nitrogen and oxygen atoms in total. The number of hydrogen-bond donors (Lipinski definition) is 0. The van der Waals surface area contributed by atoms with Crippen LogP contribution in [0.5, 0.6) is 0 Å². The Balaban J connectivity index is 1.90. The summed E-state index contributed by atoms with van der Waals surface area (Å²) < 4.78 is 1.02. The molecular weight excluding hydrogens is 368 g/mol. The largest absolute Gasteiger partial charge is 0.342 e. The highest BCUT2D eigenvalue weighted by Gasteiger charge is 2.33. The molecule has 0 radical (unpaired) electrons. The number of carbonyl (C=O) groups is 2. The Hall–Kier alpha value is -1.36. The maximum absolute atomic E-state index is 12.7. The molecule has 24 heavy (non-hydrogen) atoms. The number of nitrogens with zero attached hydrogens (tertiary/aromatic N) is 2. The number of rotatable bonds is 3. The van der Waals surface area contributed by atoms with Crippen LogP contribution in [0.3, 0.4) is 0 Å². The van der Waals surface area contributed by atoms with Crippen molar-refractivity contribution in [2.75, 3.05) is 20.1 Å². The SMILES string of the molecule is CN(Cc1ccccc1Br)C(=O)C1CCN(C(=O)C(C)(C)C)CC1. The maximum atomic E-state index is 12.7. The van der Waals surface area contributed by atoms with E-state index in [-0.39, 0.29) is 23.1 Å². The summed E-state index contributed by atoms with van der Waals surface area (Å²) in [4.78, 5) is 28.7. The van der Waals surface area contributed by atoms with E-state index in [1.165, 1.54) is 0 Å². The molecule has 0 bridgehead atoms. The van der Waals surface area contributed by atoms with Crippen molar-refractivity contribution in [3.63, 3.8) is 0 Å². The van der Waals surface area contributed by atoms with Gasteiger partial charge in [-0.25, -0.2) is 0 Å². The van der Waals surface area contributed by atoms with E-state index in [2.05, 4.69) is 15.9 Å². The molecule has 1 saturated heterocycles. The average molecular weight is 395 g/mol. The van der Waals surface area contributed by atoms with Gasteiger partial charge in [0.1, 0.15) is 0 Å². The van der Waals surface area contributed by atoms with Gasteiger partial charge in [0.25, 0.3) is 0 Å². The molecule has 0 atom stereocenters. The molecule has 2 amide bonds. The minimum atomic E-state index is -0.354. The second-order valence-corrected chi connectivity index (χ2v) is 8.46. The normalized spacial score (nSPS) is 16.1. The van der Waals surface area contributed by atoms with E-state index >= 15 is 0 Å². The van der Waals surface area contributed by atoms with E-state index in [9.17, 15) is 9.59 Å². The first-order chi connectivity index (χ1) is 11.2. The Bertz CT molecular complexity index is 602. The molecule has 1 aliphatic rings. The monoisotopic (exact) mass is 394 g/mol. The van der Waals surface area contributed by atoms with Crippen LogP contribution in [0.4, 0.5) is 0 Å². The summed E-state index contributed by atoms with van der Waals surface area (Å²) in [6, 6.07) is 7.97. The summed E-state index contributed by atoms with van der Waals surface area (Å²) in [6.07, 6.45) is 1.50. The van der Waals surface area contributed by atoms with Gasteiger partial charge in [0.15, 0.2) is 0 Å². The first kappa shape index (κ1) is 19.0. The van der Waals surface area contributed by atoms with Gasteiger partial charge in [-0.1, -0.05) is 54.9 Å². The van der Waals surface area contributed by atoms with Crippen LogP contribution in [0.2, 0.25) is 0 Å². The summed E-state index contributed by atoms with van der Waals surface area (Å²) >= 11 is 3.53. The number of carbonyl (C=O) groups excluding carboxylic acids is 2. The highest BCUT2D eigenvalue weighted by Crippen LogP contribution is 2.25. The van der Waals surface area contributed by atoms with Gasteiger partial charge in [0, 0.05) is 42.5 Å². The zero-order chi connectivity index (χ0) is 17.9. The van der Waals surface area contributed by atoms with Crippen molar-refractivity contribution >= 4 is 27.7 Å². The molecule has 1 fully saturated rings. The quantitative estimate of drug-likeness (QED) is 0.783. The van der Waals surface area contributed by atoms with Crippen LogP contribution in [-0.4, -0.2) is 41.8 Å². The summed E-state index contributed by atoms with van der Waals surface area (Å²) in [5.74, 6) is 0.366. The van der Waals surface area contributed by atoms with E-state index in [0.29, 0.717) is 19.6 Å². The smallest absolute Gasteiger partial charge is 0.227 e. The second kappa shape index (κ2) is 7.68. The predicted octanol–water partition coefficient (Wildman–Crippen LogP) is 3.69. The lowest BCUT2D eigenvalue weighted by molar-refractivity contribution is -0.144. The summed E-state index contributed by atoms with van der Waals surface area (Å²) in [5.41, 5.74) is 0.751. The molecule has 5 heteroatoms. The standard InChI is InChI=1S/C19H27BrN2O2/c1-19(2,3)18(24)22-11-9-14(10-12-22)17(23)21(4)13-15-7-5-6-8-16(15)20/h5-8,14H,9-13H2,1-4H3. The van der Waals surface area contributed by atoms with Gasteiger partial charge in [-0.2, -0.15) is 0 Å². The van der Waals surface area contributed by atoms with Crippen LogP contribution in [0, 0.1) is 11.3 Å². The number of benzene rings is 1. The Morgan fingerprint density at radius 3 is 2.33 bits per heavy atom. The van der Waals surface area contributed by atoms with Gasteiger partial charge in [0.2, 0.25) is 11.8 Å². The topological polar surface area (TPSA) is 40.6 Å². The first-order valence-corrected chi connectivity index (χ1v) is 9.27. The molecule has 1 aromatic carbocycles. The third kappa shape index (κ3) is 4.59. The number of piperidine rings is 1. The molecule has 0 aromatic heterocycles. The molecular formula is C19H27BrN2O2. The number of halogens is 1. The van der Waals surface area contributed by atoms with Gasteiger partial charge in [-0.05, 0) is 24.5 Å². The van der Waals surface area contributed by atoms with Gasteiger partial charge >= 0.3 is 0 Å². The van der Waals surface area contributed by atoms with Gasteiger partial charge in [-0.15, -0.1) is 0 Å². The lowest BCUT2D eigenvalue weighted by Gasteiger charge is -2.36. The van der Waals surface area contributed by atoms with Crippen molar-refractivity contribution in [3.05, 3.63) is 34.3 Å². The van der Waals surface area contributed by atoms with Crippen LogP contribution < -0.4 is 0 Å². The molecule has 0 unspecified atom stereocenters. The van der Waals surface area contributed by atoms with Crippen LogP contribution in [0.15, 0.2) is 28.7 Å². The molecule has 1 aliphatic heterocycles. The summed E-state index contributed by atoms with van der Waals surface area (Å²) in [5, 5.41) is 0. The first-order valence-electron chi connectivity index (χ1n) is 8.48. The van der Waals surface area contributed by atoms with E-state index in [4.69, 9.17) is 0 Å². The number of likely N-dealkylation sites (tertiary alicyclic amines) is 1. The van der Waals surface area contributed by atoms with Crippen molar-refractivity contribution in [2.45, 2.75) is 40.2 Å². The summed E-state index contributed by atoms with van der Waals surface area (Å²) in [6.45, 7) is 7.78. The minimum absolute atomic E-state index is 0.0153. The zero-order valence-electron chi connectivity index (χ0n) is 15.0. The maximum Gasteiger partial charge on any atom is 0.227 e. The van der Waals surface area contributed by atoms with Crippen molar-refractivity contribution in [1.29, 1.82) is 0 Å². The fourth-order valence-corrected chi connectivity index (χ4v) is 3.49. The van der Waals surface area contributed by atoms with Crippen LogP contribution in [-0.2, 0) is 16.1 Å². The van der Waals surface area contributed by atoms with E-state index in [1.807, 2.05) is 57.0 Å². The Morgan fingerprint density at radius 1 is 1.21 bits per heavy atom. The lowest BCUT2D eigenvalue weighted by Crippen LogP contribution is -2.46. The van der Waals surface area contributed by atoms with E-state index < -0.39 is 0 Å². The fraction of sp³-hybridized carbons (Fsp3) is 0.579. The van der Waals surface area contributed by atoms with Crippen LogP contribution >= 0.6 is 15.9 Å². The number of amides is 2. The van der Waals surface area contributed by atoms with Gasteiger partial charge in [0.05, 0.1) is 0 Å². The van der Waals surface area contributed by atoms with Gasteiger partial charge < -0.3 is 9.80 Å². The Morgan fingerprint density at radius 2 is 1.79 bits per heavy atom. The van der Waals surface area contributed by atoms with Crippen molar-refractivity contribution in [3.8, 4) is 0 Å². The molecule has 0 aliphatic carbocycles. The Labute approximate surface area is 153 Å². The third-order valence-electron chi connectivity index (χ3n) is 4.51. The highest BCUT2D eigenvalue weighted by atomic mass is 79.9. The minimum Gasteiger partial charge on any atom is -0.342 e. The molecule has 132 valence electrons. The van der Waals surface area contributed by atoms with E-state index in [1.54, 1.807) is 4.90 Å². The predicted molar refractivity (Wildman–Crippen MR) is 99.4 cm³/mol. The highest BCUT2D eigenvalue weighted by molar-refractivity contribution is 9.10. The van der Waals surface area contributed by atoms with E-state index in [0.717, 1.165) is 22.9 Å². The van der Waals surface area contributed by atoms with Crippen molar-refractivity contribution < 1.29 is 9.59 Å². The lowest BCUT2D eigenvalue weighted by atomic mass is 9.90. The molecule has 0 N–H and O–H groups in total. The summed E-state index contributed by atoms with van der Waals surface area (Å²) in [7, 11) is 1.86.